The number of aliphatic hydroxyl groups is 1. The minimum atomic E-state index is -0.191. The van der Waals surface area contributed by atoms with Crippen molar-refractivity contribution < 1.29 is 14.6 Å². The van der Waals surface area contributed by atoms with Crippen molar-refractivity contribution in [2.24, 2.45) is 11.8 Å². The lowest BCUT2D eigenvalue weighted by Crippen LogP contribution is -2.29. The zero-order chi connectivity index (χ0) is 11.8. The van der Waals surface area contributed by atoms with E-state index in [1.807, 2.05) is 23.5 Å². The highest BCUT2D eigenvalue weighted by Gasteiger charge is 2.51. The highest BCUT2D eigenvalue weighted by Crippen LogP contribution is 2.49. The van der Waals surface area contributed by atoms with Gasteiger partial charge in [-0.05, 0) is 24.3 Å². The molecule has 0 spiro atoms. The van der Waals surface area contributed by atoms with E-state index in [0.717, 1.165) is 12.8 Å². The Hall–Kier alpha value is 0.580. The summed E-state index contributed by atoms with van der Waals surface area (Å²) in [6, 6.07) is 0. The van der Waals surface area contributed by atoms with Gasteiger partial charge in [0.15, 0.2) is 6.29 Å². The fourth-order valence-corrected chi connectivity index (χ4v) is 6.49. The molecule has 1 N–H and O–H groups in total. The van der Waals surface area contributed by atoms with Crippen LogP contribution in [0.5, 0.6) is 0 Å². The van der Waals surface area contributed by atoms with Gasteiger partial charge < -0.3 is 14.6 Å². The normalized spacial score (nSPS) is 47.3. The van der Waals surface area contributed by atoms with Crippen molar-refractivity contribution in [2.45, 2.75) is 42.3 Å². The maximum absolute atomic E-state index is 10.5. The number of methoxy groups -OCH3 is 1. The minimum Gasteiger partial charge on any atom is -0.392 e. The number of hydrogen-bond donors (Lipinski definition) is 1. The van der Waals surface area contributed by atoms with E-state index in [9.17, 15) is 5.11 Å². The predicted molar refractivity (Wildman–Crippen MR) is 71.2 cm³/mol. The largest absolute Gasteiger partial charge is 0.392 e. The van der Waals surface area contributed by atoms with Crippen LogP contribution in [0.15, 0.2) is 0 Å². The number of fused-ring (bicyclic) bond motifs is 1. The Labute approximate surface area is 111 Å². The summed E-state index contributed by atoms with van der Waals surface area (Å²) in [6.07, 6.45) is 3.12. The lowest BCUT2D eigenvalue weighted by molar-refractivity contribution is -0.116. The molecule has 0 aromatic rings. The van der Waals surface area contributed by atoms with Crippen LogP contribution in [-0.4, -0.2) is 46.8 Å². The summed E-state index contributed by atoms with van der Waals surface area (Å²) in [4.78, 5) is 0. The Morgan fingerprint density at radius 1 is 1.18 bits per heavy atom. The van der Waals surface area contributed by atoms with Crippen LogP contribution in [0.25, 0.3) is 0 Å². The first-order valence-electron chi connectivity index (χ1n) is 6.39. The maximum Gasteiger partial charge on any atom is 0.158 e. The van der Waals surface area contributed by atoms with E-state index in [0.29, 0.717) is 16.4 Å². The second kappa shape index (κ2) is 5.29. The molecule has 2 heterocycles. The first-order valence-corrected chi connectivity index (χ1v) is 8.49. The van der Waals surface area contributed by atoms with Gasteiger partial charge in [-0.2, -0.15) is 0 Å². The molecule has 17 heavy (non-hydrogen) atoms. The molecule has 3 fully saturated rings. The smallest absolute Gasteiger partial charge is 0.158 e. The van der Waals surface area contributed by atoms with Crippen molar-refractivity contribution in [3.8, 4) is 0 Å². The topological polar surface area (TPSA) is 38.7 Å². The highest BCUT2D eigenvalue weighted by atomic mass is 32.2. The summed E-state index contributed by atoms with van der Waals surface area (Å²) in [6.45, 7) is 0. The SMILES string of the molecule is COC1CC2C(CC(C3SCCCS3)C2O)O1. The van der Waals surface area contributed by atoms with E-state index >= 15 is 0 Å². The molecule has 0 bridgehead atoms. The van der Waals surface area contributed by atoms with E-state index in [2.05, 4.69) is 0 Å². The van der Waals surface area contributed by atoms with Crippen molar-refractivity contribution in [1.29, 1.82) is 0 Å². The Kier molecular flexibility index (Phi) is 3.92. The molecule has 3 rings (SSSR count). The monoisotopic (exact) mass is 276 g/mol. The molecule has 3 nitrogen and oxygen atoms in total. The summed E-state index contributed by atoms with van der Waals surface area (Å²) in [5.41, 5.74) is 0. The van der Waals surface area contributed by atoms with Gasteiger partial charge in [-0.3, -0.25) is 0 Å². The van der Waals surface area contributed by atoms with E-state index in [1.165, 1.54) is 17.9 Å². The number of thioether (sulfide) groups is 2. The van der Waals surface area contributed by atoms with Gasteiger partial charge in [0.25, 0.3) is 0 Å². The Bertz CT molecular complexity index is 270. The third-order valence-electron chi connectivity index (χ3n) is 4.12. The quantitative estimate of drug-likeness (QED) is 0.834. The van der Waals surface area contributed by atoms with Gasteiger partial charge in [-0.25, -0.2) is 0 Å². The molecule has 1 aliphatic carbocycles. The van der Waals surface area contributed by atoms with E-state index in [-0.39, 0.29) is 18.5 Å². The third-order valence-corrected chi connectivity index (χ3v) is 7.34. The summed E-state index contributed by atoms with van der Waals surface area (Å²) in [7, 11) is 1.68. The van der Waals surface area contributed by atoms with Gasteiger partial charge >= 0.3 is 0 Å². The third kappa shape index (κ3) is 2.37. The molecular formula is C12H20O3S2. The Morgan fingerprint density at radius 2 is 1.94 bits per heavy atom. The van der Waals surface area contributed by atoms with E-state index in [4.69, 9.17) is 9.47 Å². The van der Waals surface area contributed by atoms with Gasteiger partial charge in [-0.1, -0.05) is 0 Å². The van der Waals surface area contributed by atoms with Crippen LogP contribution in [0.1, 0.15) is 19.3 Å². The second-order valence-electron chi connectivity index (χ2n) is 5.09. The second-order valence-corrected chi connectivity index (χ2v) is 7.89. The molecule has 0 radical (unpaired) electrons. The average Bonchev–Trinajstić information content (AvgIpc) is 2.90. The molecule has 5 heteroatoms. The average molecular weight is 276 g/mol. The van der Waals surface area contributed by atoms with Gasteiger partial charge in [0.05, 0.1) is 16.8 Å². The molecule has 0 aromatic carbocycles. The number of aliphatic hydroxyl groups excluding tert-OH is 1. The van der Waals surface area contributed by atoms with Gasteiger partial charge in [0, 0.05) is 25.4 Å². The molecule has 0 amide bonds. The lowest BCUT2D eigenvalue weighted by atomic mass is 9.99. The van der Waals surface area contributed by atoms with Crippen molar-refractivity contribution in [3.05, 3.63) is 0 Å². The predicted octanol–water partition coefficient (Wildman–Crippen LogP) is 1.94. The summed E-state index contributed by atoms with van der Waals surface area (Å²) >= 11 is 4.05. The maximum atomic E-state index is 10.5. The molecule has 3 aliphatic rings. The van der Waals surface area contributed by atoms with Crippen molar-refractivity contribution in [1.82, 2.24) is 0 Å². The van der Waals surface area contributed by atoms with E-state index < -0.39 is 0 Å². The van der Waals surface area contributed by atoms with Crippen LogP contribution >= 0.6 is 23.5 Å². The fourth-order valence-electron chi connectivity index (χ4n) is 3.22. The molecule has 1 saturated carbocycles. The molecule has 2 aliphatic heterocycles. The van der Waals surface area contributed by atoms with Crippen molar-refractivity contribution >= 4 is 23.5 Å². The number of ether oxygens (including phenoxy) is 2. The fraction of sp³-hybridized carbons (Fsp3) is 1.00. The van der Waals surface area contributed by atoms with Crippen LogP contribution in [0, 0.1) is 11.8 Å². The zero-order valence-corrected chi connectivity index (χ0v) is 11.7. The summed E-state index contributed by atoms with van der Waals surface area (Å²) in [5, 5.41) is 10.5. The molecule has 98 valence electrons. The van der Waals surface area contributed by atoms with Crippen LogP contribution in [0.2, 0.25) is 0 Å². The van der Waals surface area contributed by atoms with E-state index in [1.54, 1.807) is 7.11 Å². The highest BCUT2D eigenvalue weighted by molar-refractivity contribution is 8.17. The van der Waals surface area contributed by atoms with Gasteiger partial charge in [0.1, 0.15) is 0 Å². The first kappa shape index (κ1) is 12.6. The van der Waals surface area contributed by atoms with Gasteiger partial charge in [-0.15, -0.1) is 23.5 Å². The molecule has 5 atom stereocenters. The molecule has 2 saturated heterocycles. The number of rotatable bonds is 2. The van der Waals surface area contributed by atoms with Crippen molar-refractivity contribution in [2.75, 3.05) is 18.6 Å². The molecular weight excluding hydrogens is 256 g/mol. The first-order chi connectivity index (χ1) is 8.29. The number of hydrogen-bond acceptors (Lipinski definition) is 5. The molecule has 0 aromatic heterocycles. The van der Waals surface area contributed by atoms with Crippen molar-refractivity contribution in [3.63, 3.8) is 0 Å². The molecule has 5 unspecified atom stereocenters. The van der Waals surface area contributed by atoms with Gasteiger partial charge in [0.2, 0.25) is 0 Å². The van der Waals surface area contributed by atoms with Crippen LogP contribution < -0.4 is 0 Å². The zero-order valence-electron chi connectivity index (χ0n) is 10.1. The van der Waals surface area contributed by atoms with Crippen LogP contribution in [0.3, 0.4) is 0 Å². The summed E-state index contributed by atoms with van der Waals surface area (Å²) < 4.78 is 11.6. The minimum absolute atomic E-state index is 0.0905. The Balaban J connectivity index is 1.63. The Morgan fingerprint density at radius 3 is 2.59 bits per heavy atom. The van der Waals surface area contributed by atoms with Crippen LogP contribution in [-0.2, 0) is 9.47 Å². The lowest BCUT2D eigenvalue weighted by Gasteiger charge is -2.29. The summed E-state index contributed by atoms with van der Waals surface area (Å²) in [5.74, 6) is 3.21. The van der Waals surface area contributed by atoms with Crippen LogP contribution in [0.4, 0.5) is 0 Å². The standard InChI is InChI=1S/C12H20O3S2/c1-14-10-6-7-9(15-10)5-8(11(7)13)12-16-3-2-4-17-12/h7-13H,2-6H2,1H3.